The fourth-order valence-electron chi connectivity index (χ4n) is 5.25. The lowest BCUT2D eigenvalue weighted by molar-refractivity contribution is -0.165. The van der Waals surface area contributed by atoms with Crippen LogP contribution in [0.1, 0.15) is 64.2 Å². The fraction of sp³-hybridized carbons (Fsp3) is 0.581. The Morgan fingerprint density at radius 3 is 2.49 bits per heavy atom. The molecule has 2 aromatic rings. The van der Waals surface area contributed by atoms with Gasteiger partial charge >= 0.3 is 12.1 Å². The quantitative estimate of drug-likeness (QED) is 0.193. The molecule has 11 nitrogen and oxygen atoms in total. The molecule has 1 aliphatic heterocycles. The lowest BCUT2D eigenvalue weighted by Gasteiger charge is -2.33. The number of aryl methyl sites for hydroxylation is 1. The molecule has 1 aromatic heterocycles. The van der Waals surface area contributed by atoms with Crippen molar-refractivity contribution in [2.24, 2.45) is 5.92 Å². The minimum Gasteiger partial charge on any atom is -0.461 e. The van der Waals surface area contributed by atoms with Crippen LogP contribution in [-0.2, 0) is 46.3 Å². The summed E-state index contributed by atoms with van der Waals surface area (Å²) in [6.45, 7) is 9.31. The second-order valence-electron chi connectivity index (χ2n) is 11.3. The molecule has 1 aliphatic rings. The number of amides is 2. The number of ether oxygens (including phenoxy) is 5. The van der Waals surface area contributed by atoms with Crippen LogP contribution in [-0.4, -0.2) is 78.8 Å². The minimum atomic E-state index is -1.37. The van der Waals surface area contributed by atoms with E-state index in [9.17, 15) is 19.5 Å². The number of cyclic esters (lactones) is 1. The Labute approximate surface area is 260 Å². The number of hydrogen-bond donors (Lipinski definition) is 1. The molecule has 3 rings (SSSR count). The van der Waals surface area contributed by atoms with Crippen LogP contribution >= 0.6 is 15.9 Å². The highest BCUT2D eigenvalue weighted by Gasteiger charge is 2.54. The number of rotatable bonds is 16. The van der Waals surface area contributed by atoms with Gasteiger partial charge in [-0.1, -0.05) is 44.2 Å². The summed E-state index contributed by atoms with van der Waals surface area (Å²) in [5.41, 5.74) is 0.0948. The number of benzene rings is 1. The monoisotopic (exact) mass is 667 g/mol. The predicted octanol–water partition coefficient (Wildman–Crippen LogP) is 4.97. The Kier molecular flexibility index (Phi) is 12.8. The van der Waals surface area contributed by atoms with Crippen molar-refractivity contribution < 1.29 is 47.6 Å². The summed E-state index contributed by atoms with van der Waals surface area (Å²) in [6.07, 6.45) is -2.82. The molecule has 0 unspecified atom stereocenters. The van der Waals surface area contributed by atoms with Crippen molar-refractivity contribution in [1.29, 1.82) is 0 Å². The summed E-state index contributed by atoms with van der Waals surface area (Å²) >= 11 is 3.49. The lowest BCUT2D eigenvalue weighted by Crippen LogP contribution is -2.52. The zero-order valence-electron chi connectivity index (χ0n) is 25.5. The second kappa shape index (κ2) is 15.8. The first-order chi connectivity index (χ1) is 20.4. The van der Waals surface area contributed by atoms with Gasteiger partial charge < -0.3 is 33.2 Å². The first kappa shape index (κ1) is 34.7. The maximum atomic E-state index is 13.7. The summed E-state index contributed by atoms with van der Waals surface area (Å²) in [6, 6.07) is 10.7. The third kappa shape index (κ3) is 9.12. The van der Waals surface area contributed by atoms with Gasteiger partial charge in [0.2, 0.25) is 0 Å². The van der Waals surface area contributed by atoms with Crippen LogP contribution in [0.2, 0.25) is 0 Å². The third-order valence-corrected chi connectivity index (χ3v) is 7.73. The van der Waals surface area contributed by atoms with Crippen LogP contribution in [0.3, 0.4) is 0 Å². The molecule has 2 heterocycles. The summed E-state index contributed by atoms with van der Waals surface area (Å²) in [5.74, 6) is -0.720. The highest BCUT2D eigenvalue weighted by molar-refractivity contribution is 9.10. The maximum Gasteiger partial charge on any atom is 0.417 e. The summed E-state index contributed by atoms with van der Waals surface area (Å²) in [4.78, 5) is 39.7. The van der Waals surface area contributed by atoms with Crippen molar-refractivity contribution in [3.63, 3.8) is 0 Å². The number of aliphatic hydroxyl groups excluding tert-OH is 1. The number of imide groups is 1. The topological polar surface area (TPSA) is 134 Å². The van der Waals surface area contributed by atoms with E-state index in [0.717, 1.165) is 10.5 Å². The standard InChI is InChI=1S/C31H42BrNO10/c1-19(2)28-31(4,5)43-30(37)33(28)29(36)27(38-6)26(41-20(3)35)25-15-23(32)24(42-25)13-10-14-39-18-22(16-34)40-17-21-11-8-7-9-12-21/h7-9,11-12,15,19,22,26-28,34H,10,13-14,16-18H2,1-6H3/t22-,26+,27-,28-/m1/s1. The van der Waals surface area contributed by atoms with E-state index in [1.54, 1.807) is 19.9 Å². The van der Waals surface area contributed by atoms with E-state index >= 15 is 0 Å². The van der Waals surface area contributed by atoms with Gasteiger partial charge in [-0.15, -0.1) is 0 Å². The van der Waals surface area contributed by atoms with Crippen molar-refractivity contribution >= 4 is 33.9 Å². The van der Waals surface area contributed by atoms with Crippen LogP contribution in [0.4, 0.5) is 4.79 Å². The molecule has 0 radical (unpaired) electrons. The number of methoxy groups -OCH3 is 1. The minimum absolute atomic E-state index is 0.107. The number of esters is 1. The maximum absolute atomic E-state index is 13.7. The molecule has 4 atom stereocenters. The zero-order valence-corrected chi connectivity index (χ0v) is 27.1. The molecule has 238 valence electrons. The van der Waals surface area contributed by atoms with Gasteiger partial charge in [0.1, 0.15) is 23.2 Å². The van der Waals surface area contributed by atoms with E-state index in [2.05, 4.69) is 15.9 Å². The van der Waals surface area contributed by atoms with Gasteiger partial charge in [-0.3, -0.25) is 9.59 Å². The zero-order chi connectivity index (χ0) is 31.7. The van der Waals surface area contributed by atoms with Crippen molar-refractivity contribution in [3.8, 4) is 0 Å². The van der Waals surface area contributed by atoms with Crippen LogP contribution in [0.25, 0.3) is 0 Å². The normalized spacial score (nSPS) is 18.4. The Hall–Kier alpha value is -2.77. The van der Waals surface area contributed by atoms with E-state index < -0.39 is 47.9 Å². The highest BCUT2D eigenvalue weighted by Crippen LogP contribution is 2.37. The molecule has 43 heavy (non-hydrogen) atoms. The van der Waals surface area contributed by atoms with Gasteiger partial charge in [0, 0.05) is 27.1 Å². The van der Waals surface area contributed by atoms with E-state index in [-0.39, 0.29) is 24.9 Å². The summed E-state index contributed by atoms with van der Waals surface area (Å²) in [7, 11) is 1.30. The number of nitrogens with zero attached hydrogens (tertiary/aromatic N) is 1. The van der Waals surface area contributed by atoms with E-state index in [4.69, 9.17) is 28.1 Å². The molecule has 0 saturated carbocycles. The molecule has 0 aliphatic carbocycles. The number of furan rings is 1. The van der Waals surface area contributed by atoms with Gasteiger partial charge in [-0.2, -0.15) is 0 Å². The van der Waals surface area contributed by atoms with Gasteiger partial charge in [0.25, 0.3) is 5.91 Å². The first-order valence-corrected chi connectivity index (χ1v) is 15.1. The smallest absolute Gasteiger partial charge is 0.417 e. The van der Waals surface area contributed by atoms with Crippen molar-refractivity contribution in [3.05, 3.63) is 58.0 Å². The molecule has 1 fully saturated rings. The molecule has 1 aromatic carbocycles. The highest BCUT2D eigenvalue weighted by atomic mass is 79.9. The fourth-order valence-corrected chi connectivity index (χ4v) is 5.76. The Morgan fingerprint density at radius 1 is 1.19 bits per heavy atom. The summed E-state index contributed by atoms with van der Waals surface area (Å²) in [5, 5.41) is 9.62. The number of carbonyl (C=O) groups excluding carboxylic acids is 3. The molecule has 12 heteroatoms. The van der Waals surface area contributed by atoms with Crippen molar-refractivity contribution in [2.75, 3.05) is 26.9 Å². The molecule has 1 saturated heterocycles. The Morgan fingerprint density at radius 2 is 1.88 bits per heavy atom. The predicted molar refractivity (Wildman–Crippen MR) is 159 cm³/mol. The van der Waals surface area contributed by atoms with E-state index in [1.807, 2.05) is 44.2 Å². The number of halogens is 1. The number of hydrogen-bond acceptors (Lipinski definition) is 10. The molecule has 0 spiro atoms. The first-order valence-electron chi connectivity index (χ1n) is 14.3. The van der Waals surface area contributed by atoms with Crippen molar-refractivity contribution in [1.82, 2.24) is 4.90 Å². The van der Waals surface area contributed by atoms with Crippen LogP contribution in [0, 0.1) is 5.92 Å². The third-order valence-electron chi connectivity index (χ3n) is 7.06. The number of carbonyl (C=O) groups is 3. The Balaban J connectivity index is 1.64. The van der Waals surface area contributed by atoms with Crippen LogP contribution in [0.15, 0.2) is 45.3 Å². The van der Waals surface area contributed by atoms with Crippen molar-refractivity contribution in [2.45, 2.75) is 84.0 Å². The van der Waals surface area contributed by atoms with E-state index in [0.29, 0.717) is 36.3 Å². The number of aliphatic hydroxyl groups is 1. The molecule has 0 bridgehead atoms. The van der Waals surface area contributed by atoms with Crippen LogP contribution < -0.4 is 0 Å². The van der Waals surface area contributed by atoms with Gasteiger partial charge in [0.05, 0.1) is 30.3 Å². The second-order valence-corrected chi connectivity index (χ2v) is 12.1. The SMILES string of the molecule is CO[C@@H](C(=O)N1C(=O)OC(C)(C)[C@H]1C(C)C)[C@@H](OC(C)=O)c1cc(Br)c(CCCOC[C@@H](CO)OCc2ccccc2)o1. The Bertz CT molecular complexity index is 1210. The van der Waals surface area contributed by atoms with Gasteiger partial charge in [-0.05, 0) is 53.7 Å². The average Bonchev–Trinajstić information content (AvgIpc) is 3.44. The van der Waals surface area contributed by atoms with E-state index in [1.165, 1.54) is 14.0 Å². The molecular formula is C31H42BrNO10. The lowest BCUT2D eigenvalue weighted by atomic mass is 9.88. The van der Waals surface area contributed by atoms with Gasteiger partial charge in [0.15, 0.2) is 12.2 Å². The molecule has 2 amide bonds. The van der Waals surface area contributed by atoms with Gasteiger partial charge in [-0.25, -0.2) is 9.69 Å². The molecule has 1 N–H and O–H groups in total. The summed E-state index contributed by atoms with van der Waals surface area (Å²) < 4.78 is 34.7. The molecular weight excluding hydrogens is 626 g/mol. The largest absolute Gasteiger partial charge is 0.461 e. The van der Waals surface area contributed by atoms with Crippen LogP contribution in [0.5, 0.6) is 0 Å². The average molecular weight is 669 g/mol.